The molecule has 1 atom stereocenters. The van der Waals surface area contributed by atoms with E-state index in [2.05, 4.69) is 5.32 Å². The van der Waals surface area contributed by atoms with Gasteiger partial charge in [-0.1, -0.05) is 37.3 Å². The minimum atomic E-state index is -0.0630. The zero-order valence-electron chi connectivity index (χ0n) is 16.2. The molecule has 4 heteroatoms. The quantitative estimate of drug-likeness (QED) is 0.705. The number of carbonyl (C=O) groups excluding carboxylic acids is 2. The number of amides is 1. The molecule has 3 rings (SSSR count). The van der Waals surface area contributed by atoms with Gasteiger partial charge in [0.25, 0.3) is 5.91 Å². The fraction of sp³-hybridized carbons (Fsp3) is 0.391. The summed E-state index contributed by atoms with van der Waals surface area (Å²) in [6, 6.07) is 13.8. The van der Waals surface area contributed by atoms with Gasteiger partial charge in [-0.05, 0) is 55.0 Å². The highest BCUT2D eigenvalue weighted by atomic mass is 16.5. The van der Waals surface area contributed by atoms with Crippen molar-refractivity contribution in [3.8, 4) is 11.1 Å². The highest BCUT2D eigenvalue weighted by molar-refractivity contribution is 5.98. The summed E-state index contributed by atoms with van der Waals surface area (Å²) >= 11 is 0. The van der Waals surface area contributed by atoms with E-state index in [1.54, 1.807) is 7.11 Å². The predicted molar refractivity (Wildman–Crippen MR) is 107 cm³/mol. The molecule has 2 aromatic rings. The minimum Gasteiger partial charge on any atom is -0.385 e. The molecule has 1 amide bonds. The second-order valence-electron chi connectivity index (χ2n) is 7.40. The first-order valence-corrected chi connectivity index (χ1v) is 9.54. The van der Waals surface area contributed by atoms with Crippen LogP contribution in [0.2, 0.25) is 0 Å². The van der Waals surface area contributed by atoms with E-state index < -0.39 is 0 Å². The van der Waals surface area contributed by atoms with Crippen LogP contribution in [0.15, 0.2) is 42.5 Å². The van der Waals surface area contributed by atoms with E-state index in [1.165, 1.54) is 0 Å². The lowest BCUT2D eigenvalue weighted by Crippen LogP contribution is -2.25. The van der Waals surface area contributed by atoms with Crippen LogP contribution in [0.25, 0.3) is 11.1 Å². The van der Waals surface area contributed by atoms with Crippen molar-refractivity contribution in [2.24, 2.45) is 5.92 Å². The van der Waals surface area contributed by atoms with Gasteiger partial charge in [-0.15, -0.1) is 0 Å². The maximum absolute atomic E-state index is 12.5. The number of nitrogens with one attached hydrogen (secondary N) is 1. The van der Waals surface area contributed by atoms with Gasteiger partial charge in [0, 0.05) is 36.8 Å². The third-order valence-electron chi connectivity index (χ3n) is 5.10. The molecule has 1 aliphatic carbocycles. The van der Waals surface area contributed by atoms with Crippen LogP contribution in [0, 0.1) is 12.8 Å². The van der Waals surface area contributed by atoms with Crippen LogP contribution in [-0.2, 0) is 4.74 Å². The number of carbonyl (C=O) groups is 2. The van der Waals surface area contributed by atoms with Crippen molar-refractivity contribution in [3.05, 3.63) is 59.2 Å². The molecule has 27 heavy (non-hydrogen) atoms. The fourth-order valence-electron chi connectivity index (χ4n) is 3.09. The van der Waals surface area contributed by atoms with Crippen molar-refractivity contribution in [1.29, 1.82) is 0 Å². The molecule has 1 unspecified atom stereocenters. The summed E-state index contributed by atoms with van der Waals surface area (Å²) in [5.74, 6) is 0.0531. The second kappa shape index (κ2) is 8.49. The SMILES string of the molecule is COCCC(C)C(=O)c1ccc(-c2cc(C(=O)NC3CC3)ccc2C)cc1. The predicted octanol–water partition coefficient (Wildman–Crippen LogP) is 4.41. The molecule has 0 bridgehead atoms. The Balaban J connectivity index is 1.78. The Morgan fingerprint density at radius 3 is 2.41 bits per heavy atom. The van der Waals surface area contributed by atoms with Crippen LogP contribution in [0.1, 0.15) is 52.5 Å². The number of Topliss-reactive ketones (excluding diaryl/α,β-unsaturated/α-hetero) is 1. The first kappa shape index (κ1) is 19.3. The Hall–Kier alpha value is -2.46. The summed E-state index contributed by atoms with van der Waals surface area (Å²) < 4.78 is 5.06. The van der Waals surface area contributed by atoms with E-state index in [0.717, 1.165) is 29.5 Å². The van der Waals surface area contributed by atoms with Crippen LogP contribution in [0.5, 0.6) is 0 Å². The molecule has 1 N–H and O–H groups in total. The van der Waals surface area contributed by atoms with Crippen LogP contribution >= 0.6 is 0 Å². The van der Waals surface area contributed by atoms with E-state index >= 15 is 0 Å². The minimum absolute atomic E-state index is 0.0162. The lowest BCUT2D eigenvalue weighted by Gasteiger charge is -2.12. The standard InChI is InChI=1S/C23H27NO3/c1-15-4-5-19(23(26)24-20-10-11-20)14-21(15)17-6-8-18(9-7-17)22(25)16(2)12-13-27-3/h4-9,14,16,20H,10-13H2,1-3H3,(H,24,26). The lowest BCUT2D eigenvalue weighted by molar-refractivity contribution is 0.0893. The first-order valence-electron chi connectivity index (χ1n) is 9.54. The van der Waals surface area contributed by atoms with Crippen LogP contribution in [-0.4, -0.2) is 31.4 Å². The average molecular weight is 365 g/mol. The smallest absolute Gasteiger partial charge is 0.251 e. The van der Waals surface area contributed by atoms with Gasteiger partial charge in [-0.2, -0.15) is 0 Å². The monoisotopic (exact) mass is 365 g/mol. The lowest BCUT2D eigenvalue weighted by atomic mass is 9.93. The number of hydrogen-bond donors (Lipinski definition) is 1. The molecule has 1 saturated carbocycles. The van der Waals surface area contributed by atoms with Crippen molar-refractivity contribution in [2.75, 3.05) is 13.7 Å². The van der Waals surface area contributed by atoms with Crippen molar-refractivity contribution in [1.82, 2.24) is 5.32 Å². The molecule has 0 heterocycles. The van der Waals surface area contributed by atoms with Crippen LogP contribution in [0.4, 0.5) is 0 Å². The van der Waals surface area contributed by atoms with E-state index in [4.69, 9.17) is 4.74 Å². The van der Waals surface area contributed by atoms with Crippen molar-refractivity contribution in [2.45, 2.75) is 39.2 Å². The Kier molecular flexibility index (Phi) is 6.07. The number of hydrogen-bond acceptors (Lipinski definition) is 3. The van der Waals surface area contributed by atoms with Crippen LogP contribution < -0.4 is 5.32 Å². The summed E-state index contributed by atoms with van der Waals surface area (Å²) in [6.45, 7) is 4.55. The molecular weight excluding hydrogens is 338 g/mol. The van der Waals surface area contributed by atoms with Crippen molar-refractivity contribution < 1.29 is 14.3 Å². The van der Waals surface area contributed by atoms with Crippen molar-refractivity contribution >= 4 is 11.7 Å². The molecule has 0 saturated heterocycles. The number of benzene rings is 2. The zero-order chi connectivity index (χ0) is 19.4. The number of ether oxygens (including phenoxy) is 1. The van der Waals surface area contributed by atoms with Crippen molar-refractivity contribution in [3.63, 3.8) is 0 Å². The molecule has 1 fully saturated rings. The average Bonchev–Trinajstić information content (AvgIpc) is 3.50. The number of ketones is 1. The normalized spacial score (nSPS) is 14.6. The maximum atomic E-state index is 12.5. The van der Waals surface area contributed by atoms with Gasteiger partial charge in [0.15, 0.2) is 5.78 Å². The van der Waals surface area contributed by atoms with E-state index in [9.17, 15) is 9.59 Å². The summed E-state index contributed by atoms with van der Waals surface area (Å²) in [7, 11) is 1.65. The van der Waals surface area contributed by atoms with E-state index in [0.29, 0.717) is 30.2 Å². The Morgan fingerprint density at radius 1 is 1.11 bits per heavy atom. The Labute approximate surface area is 160 Å². The summed E-state index contributed by atoms with van der Waals surface area (Å²) in [5, 5.41) is 3.03. The Bertz CT molecular complexity index is 822. The summed E-state index contributed by atoms with van der Waals surface area (Å²) in [4.78, 5) is 24.8. The largest absolute Gasteiger partial charge is 0.385 e. The third-order valence-corrected chi connectivity index (χ3v) is 5.10. The highest BCUT2D eigenvalue weighted by Gasteiger charge is 2.24. The topological polar surface area (TPSA) is 55.4 Å². The first-order chi connectivity index (χ1) is 13.0. The van der Waals surface area contributed by atoms with Gasteiger partial charge in [0.2, 0.25) is 0 Å². The second-order valence-corrected chi connectivity index (χ2v) is 7.40. The molecule has 0 aliphatic heterocycles. The van der Waals surface area contributed by atoms with Gasteiger partial charge < -0.3 is 10.1 Å². The van der Waals surface area contributed by atoms with Crippen LogP contribution in [0.3, 0.4) is 0 Å². The number of methoxy groups -OCH3 is 1. The summed E-state index contributed by atoms with van der Waals surface area (Å²) in [6.07, 6.45) is 2.86. The van der Waals surface area contributed by atoms with E-state index in [-0.39, 0.29) is 17.6 Å². The number of aryl methyl sites for hydroxylation is 1. The Morgan fingerprint density at radius 2 is 1.78 bits per heavy atom. The molecule has 4 nitrogen and oxygen atoms in total. The van der Waals surface area contributed by atoms with Gasteiger partial charge in [-0.25, -0.2) is 0 Å². The molecule has 0 spiro atoms. The van der Waals surface area contributed by atoms with Gasteiger partial charge in [0.1, 0.15) is 0 Å². The maximum Gasteiger partial charge on any atom is 0.251 e. The molecule has 2 aromatic carbocycles. The zero-order valence-corrected chi connectivity index (χ0v) is 16.2. The van der Waals surface area contributed by atoms with Gasteiger partial charge >= 0.3 is 0 Å². The molecule has 1 aliphatic rings. The van der Waals surface area contributed by atoms with E-state index in [1.807, 2.05) is 56.3 Å². The number of rotatable bonds is 8. The van der Waals surface area contributed by atoms with Gasteiger partial charge in [-0.3, -0.25) is 9.59 Å². The summed E-state index contributed by atoms with van der Waals surface area (Å²) in [5.41, 5.74) is 4.52. The molecular formula is C23H27NO3. The third kappa shape index (κ3) is 4.83. The molecule has 0 aromatic heterocycles. The highest BCUT2D eigenvalue weighted by Crippen LogP contribution is 2.27. The fourth-order valence-corrected chi connectivity index (χ4v) is 3.09. The molecule has 0 radical (unpaired) electrons. The van der Waals surface area contributed by atoms with Gasteiger partial charge in [0.05, 0.1) is 0 Å². The molecule has 142 valence electrons.